The molecule has 14 heavy (non-hydrogen) atoms. The number of hydrogen-bond acceptors (Lipinski definition) is 5. The fourth-order valence-corrected chi connectivity index (χ4v) is 2.20. The van der Waals surface area contributed by atoms with E-state index >= 15 is 0 Å². The van der Waals surface area contributed by atoms with Gasteiger partial charge >= 0.3 is 0 Å². The highest BCUT2D eigenvalue weighted by atomic mass is 32.1. The second-order valence-electron chi connectivity index (χ2n) is 3.42. The summed E-state index contributed by atoms with van der Waals surface area (Å²) < 4.78 is 0. The SMILES string of the molecule is N#CC1(c2ncnc3scnc23)CC1. The zero-order valence-electron chi connectivity index (χ0n) is 7.27. The highest BCUT2D eigenvalue weighted by Crippen LogP contribution is 2.48. The van der Waals surface area contributed by atoms with Gasteiger partial charge in [0.05, 0.1) is 17.3 Å². The maximum Gasteiger partial charge on any atom is 0.147 e. The van der Waals surface area contributed by atoms with E-state index in [1.165, 1.54) is 17.7 Å². The number of hydrogen-bond donors (Lipinski definition) is 0. The van der Waals surface area contributed by atoms with Crippen molar-refractivity contribution in [2.75, 3.05) is 0 Å². The number of nitriles is 1. The molecule has 1 fully saturated rings. The van der Waals surface area contributed by atoms with Crippen LogP contribution in [0.15, 0.2) is 11.8 Å². The Balaban J connectivity index is 2.32. The van der Waals surface area contributed by atoms with Crippen molar-refractivity contribution in [2.45, 2.75) is 18.3 Å². The Morgan fingerprint density at radius 2 is 2.21 bits per heavy atom. The van der Waals surface area contributed by atoms with Crippen LogP contribution in [0.25, 0.3) is 10.3 Å². The van der Waals surface area contributed by atoms with Crippen LogP contribution in [0, 0.1) is 11.3 Å². The maximum atomic E-state index is 9.07. The monoisotopic (exact) mass is 202 g/mol. The molecule has 0 bridgehead atoms. The fourth-order valence-electron chi connectivity index (χ4n) is 1.57. The predicted octanol–water partition coefficient (Wildman–Crippen LogP) is 1.64. The summed E-state index contributed by atoms with van der Waals surface area (Å²) in [7, 11) is 0. The first-order valence-electron chi connectivity index (χ1n) is 4.32. The first-order valence-corrected chi connectivity index (χ1v) is 5.20. The highest BCUT2D eigenvalue weighted by Gasteiger charge is 2.48. The van der Waals surface area contributed by atoms with Crippen LogP contribution in [-0.4, -0.2) is 15.0 Å². The largest absolute Gasteiger partial charge is 0.241 e. The minimum Gasteiger partial charge on any atom is -0.241 e. The molecule has 2 aromatic heterocycles. The van der Waals surface area contributed by atoms with E-state index in [-0.39, 0.29) is 5.41 Å². The van der Waals surface area contributed by atoms with Gasteiger partial charge in [-0.25, -0.2) is 15.0 Å². The lowest BCUT2D eigenvalue weighted by Crippen LogP contribution is -2.06. The van der Waals surface area contributed by atoms with Gasteiger partial charge in [0.2, 0.25) is 0 Å². The number of rotatable bonds is 1. The van der Waals surface area contributed by atoms with Crippen molar-refractivity contribution in [3.63, 3.8) is 0 Å². The Kier molecular flexibility index (Phi) is 1.39. The molecular formula is C9H6N4S. The highest BCUT2D eigenvalue weighted by molar-refractivity contribution is 7.16. The van der Waals surface area contributed by atoms with Crippen LogP contribution in [-0.2, 0) is 5.41 Å². The maximum absolute atomic E-state index is 9.07. The Labute approximate surface area is 84.3 Å². The number of nitrogens with zero attached hydrogens (tertiary/aromatic N) is 4. The quantitative estimate of drug-likeness (QED) is 0.705. The van der Waals surface area contributed by atoms with Gasteiger partial charge in [0, 0.05) is 0 Å². The minimum atomic E-state index is -0.366. The zero-order chi connectivity index (χ0) is 9.60. The molecule has 0 atom stereocenters. The van der Waals surface area contributed by atoms with Crippen molar-refractivity contribution in [3.8, 4) is 6.07 Å². The van der Waals surface area contributed by atoms with Gasteiger partial charge < -0.3 is 0 Å². The summed E-state index contributed by atoms with van der Waals surface area (Å²) in [6, 6.07) is 2.33. The van der Waals surface area contributed by atoms with Crippen molar-refractivity contribution in [2.24, 2.45) is 0 Å². The van der Waals surface area contributed by atoms with Crippen LogP contribution in [0.5, 0.6) is 0 Å². The standard InChI is InChI=1S/C9H6N4S/c10-3-9(1-2-9)7-6-8(12-4-11-7)14-5-13-6/h4-5H,1-2H2. The molecule has 0 spiro atoms. The van der Waals surface area contributed by atoms with Crippen molar-refractivity contribution in [1.82, 2.24) is 15.0 Å². The minimum absolute atomic E-state index is 0.366. The van der Waals surface area contributed by atoms with Gasteiger partial charge in [-0.3, -0.25) is 0 Å². The third kappa shape index (κ3) is 0.888. The third-order valence-electron chi connectivity index (χ3n) is 2.55. The molecule has 3 rings (SSSR count). The Hall–Kier alpha value is -1.54. The lowest BCUT2D eigenvalue weighted by Gasteiger charge is -2.03. The van der Waals surface area contributed by atoms with E-state index in [0.29, 0.717) is 0 Å². The topological polar surface area (TPSA) is 62.5 Å². The Morgan fingerprint density at radius 1 is 1.36 bits per heavy atom. The normalized spacial score (nSPS) is 17.9. The molecule has 1 saturated carbocycles. The van der Waals surface area contributed by atoms with Gasteiger partial charge in [0.15, 0.2) is 0 Å². The third-order valence-corrected chi connectivity index (χ3v) is 3.28. The van der Waals surface area contributed by atoms with Gasteiger partial charge in [-0.15, -0.1) is 11.3 Å². The van der Waals surface area contributed by atoms with Crippen LogP contribution in [0.3, 0.4) is 0 Å². The number of aromatic nitrogens is 3. The summed E-state index contributed by atoms with van der Waals surface area (Å²) in [5.74, 6) is 0. The number of thiazole rings is 1. The van der Waals surface area contributed by atoms with Crippen LogP contribution in [0.1, 0.15) is 18.5 Å². The summed E-state index contributed by atoms with van der Waals surface area (Å²) in [5, 5.41) is 9.07. The lowest BCUT2D eigenvalue weighted by molar-refractivity contribution is 0.857. The second kappa shape index (κ2) is 2.49. The number of fused-ring (bicyclic) bond motifs is 1. The van der Waals surface area contributed by atoms with E-state index in [9.17, 15) is 0 Å². The molecule has 0 unspecified atom stereocenters. The first kappa shape index (κ1) is 7.83. The summed E-state index contributed by atoms with van der Waals surface area (Å²) in [4.78, 5) is 13.4. The van der Waals surface area contributed by atoms with Gasteiger partial charge in [0.1, 0.15) is 22.1 Å². The van der Waals surface area contributed by atoms with Crippen molar-refractivity contribution in [3.05, 3.63) is 17.5 Å². The molecule has 1 aliphatic carbocycles. The van der Waals surface area contributed by atoms with Crippen LogP contribution < -0.4 is 0 Å². The van der Waals surface area contributed by atoms with Gasteiger partial charge in [-0.2, -0.15) is 5.26 Å². The average molecular weight is 202 g/mol. The van der Waals surface area contributed by atoms with Crippen LogP contribution in [0.4, 0.5) is 0 Å². The van der Waals surface area contributed by atoms with E-state index in [1.807, 2.05) is 0 Å². The van der Waals surface area contributed by atoms with Crippen molar-refractivity contribution >= 4 is 21.7 Å². The predicted molar refractivity (Wildman–Crippen MR) is 51.7 cm³/mol. The van der Waals surface area contributed by atoms with Crippen LogP contribution in [0.2, 0.25) is 0 Å². The molecule has 68 valence electrons. The Morgan fingerprint density at radius 3 is 2.93 bits per heavy atom. The first-order chi connectivity index (χ1) is 6.86. The van der Waals surface area contributed by atoms with E-state index in [2.05, 4.69) is 21.0 Å². The Bertz CT molecular complexity index is 535. The molecule has 0 N–H and O–H groups in total. The lowest BCUT2D eigenvalue weighted by atomic mass is 10.0. The zero-order valence-corrected chi connectivity index (χ0v) is 8.08. The smallest absolute Gasteiger partial charge is 0.147 e. The van der Waals surface area contributed by atoms with Gasteiger partial charge in [-0.1, -0.05) is 0 Å². The molecule has 2 heterocycles. The van der Waals surface area contributed by atoms with Gasteiger partial charge in [0.25, 0.3) is 0 Å². The summed E-state index contributed by atoms with van der Waals surface area (Å²) in [6.45, 7) is 0. The van der Waals surface area contributed by atoms with Gasteiger partial charge in [-0.05, 0) is 12.8 Å². The molecule has 0 aliphatic heterocycles. The summed E-state index contributed by atoms with van der Waals surface area (Å²) in [6.07, 6.45) is 3.31. The molecule has 2 aromatic rings. The molecule has 0 saturated heterocycles. The molecule has 5 heteroatoms. The summed E-state index contributed by atoms with van der Waals surface area (Å²) in [5.41, 5.74) is 2.99. The van der Waals surface area contributed by atoms with E-state index < -0.39 is 0 Å². The van der Waals surface area contributed by atoms with E-state index in [0.717, 1.165) is 28.9 Å². The average Bonchev–Trinajstić information content (AvgIpc) is 2.87. The molecule has 0 amide bonds. The molecule has 4 nitrogen and oxygen atoms in total. The van der Waals surface area contributed by atoms with Crippen molar-refractivity contribution in [1.29, 1.82) is 5.26 Å². The summed E-state index contributed by atoms with van der Waals surface area (Å²) >= 11 is 1.48. The second-order valence-corrected chi connectivity index (χ2v) is 4.26. The van der Waals surface area contributed by atoms with Crippen molar-refractivity contribution < 1.29 is 0 Å². The molecule has 1 aliphatic rings. The molecule has 0 radical (unpaired) electrons. The van der Waals surface area contributed by atoms with E-state index in [4.69, 9.17) is 5.26 Å². The van der Waals surface area contributed by atoms with E-state index in [1.54, 1.807) is 5.51 Å². The van der Waals surface area contributed by atoms with Crippen LogP contribution >= 0.6 is 11.3 Å². The fraction of sp³-hybridized carbons (Fsp3) is 0.333. The molecule has 0 aromatic carbocycles. The molecular weight excluding hydrogens is 196 g/mol.